The molecule has 1 aromatic heterocycles. The molecule has 0 spiro atoms. The number of hydrogen-bond acceptors (Lipinski definition) is 3. The molecule has 21 heavy (non-hydrogen) atoms. The van der Waals surface area contributed by atoms with Crippen LogP contribution < -0.4 is 5.32 Å². The predicted octanol–water partition coefficient (Wildman–Crippen LogP) is 4.42. The van der Waals surface area contributed by atoms with Crippen molar-refractivity contribution in [1.29, 1.82) is 0 Å². The number of amides is 2. The van der Waals surface area contributed by atoms with E-state index in [1.54, 1.807) is 18.3 Å². The van der Waals surface area contributed by atoms with Crippen LogP contribution in [0.25, 0.3) is 0 Å². The van der Waals surface area contributed by atoms with Crippen LogP contribution in [-0.4, -0.2) is 11.0 Å². The number of benzene rings is 1. The van der Waals surface area contributed by atoms with Gasteiger partial charge in [0.15, 0.2) is 0 Å². The molecular weight excluding hydrogens is 285 g/mol. The Morgan fingerprint density at radius 3 is 2.43 bits per heavy atom. The van der Waals surface area contributed by atoms with Crippen LogP contribution in [0, 0.1) is 0 Å². The highest BCUT2D eigenvalue weighted by molar-refractivity contribution is 5.89. The van der Waals surface area contributed by atoms with Crippen molar-refractivity contribution < 1.29 is 18.0 Å². The second-order valence-corrected chi connectivity index (χ2v) is 3.92. The predicted molar refractivity (Wildman–Crippen MR) is 69.2 cm³/mol. The maximum atomic E-state index is 12.4. The first-order valence-corrected chi connectivity index (χ1v) is 5.75. The van der Waals surface area contributed by atoms with Gasteiger partial charge in [-0.25, -0.2) is 4.79 Å². The van der Waals surface area contributed by atoms with Crippen molar-refractivity contribution in [2.75, 3.05) is 5.32 Å². The summed E-state index contributed by atoms with van der Waals surface area (Å²) in [5.74, 6) is 0. The number of urea groups is 1. The summed E-state index contributed by atoms with van der Waals surface area (Å²) in [5, 5.41) is 9.30. The minimum atomic E-state index is -4.41. The van der Waals surface area contributed by atoms with Crippen molar-refractivity contribution in [2.45, 2.75) is 6.18 Å². The topological polar surface area (TPSA) is 66.7 Å². The SMILES string of the molecule is O=C(N=Nc1ccc(C(F)(F)F)cc1)Nc1cccnc1. The van der Waals surface area contributed by atoms with E-state index < -0.39 is 17.8 Å². The normalized spacial score (nSPS) is 11.6. The molecule has 0 saturated heterocycles. The number of hydrogen-bond donors (Lipinski definition) is 1. The average Bonchev–Trinajstić information content (AvgIpc) is 2.46. The lowest BCUT2D eigenvalue weighted by atomic mass is 10.2. The van der Waals surface area contributed by atoms with E-state index in [1.807, 2.05) is 0 Å². The minimum absolute atomic E-state index is 0.143. The molecule has 108 valence electrons. The summed E-state index contributed by atoms with van der Waals surface area (Å²) in [7, 11) is 0. The van der Waals surface area contributed by atoms with E-state index >= 15 is 0 Å². The van der Waals surface area contributed by atoms with Gasteiger partial charge in [0.1, 0.15) is 0 Å². The standard InChI is InChI=1S/C13H9F3N4O/c14-13(15,16)9-3-5-10(6-4-9)19-20-12(21)18-11-2-1-7-17-8-11/h1-8H,(H,18,21). The molecule has 1 N–H and O–H groups in total. The van der Waals surface area contributed by atoms with E-state index in [9.17, 15) is 18.0 Å². The molecular formula is C13H9F3N4O. The van der Waals surface area contributed by atoms with Gasteiger partial charge in [0, 0.05) is 6.20 Å². The van der Waals surface area contributed by atoms with Crippen molar-refractivity contribution in [1.82, 2.24) is 4.98 Å². The van der Waals surface area contributed by atoms with E-state index in [-0.39, 0.29) is 5.69 Å². The lowest BCUT2D eigenvalue weighted by Crippen LogP contribution is -2.05. The molecule has 0 atom stereocenters. The quantitative estimate of drug-likeness (QED) is 0.833. The molecule has 5 nitrogen and oxygen atoms in total. The van der Waals surface area contributed by atoms with Crippen molar-refractivity contribution in [3.63, 3.8) is 0 Å². The number of carbonyl (C=O) groups excluding carboxylic acids is 1. The zero-order valence-corrected chi connectivity index (χ0v) is 10.5. The number of nitrogens with zero attached hydrogens (tertiary/aromatic N) is 3. The molecule has 0 aliphatic carbocycles. The van der Waals surface area contributed by atoms with E-state index in [0.29, 0.717) is 5.69 Å². The third kappa shape index (κ3) is 4.37. The van der Waals surface area contributed by atoms with E-state index in [2.05, 4.69) is 20.5 Å². The summed E-state index contributed by atoms with van der Waals surface area (Å²) in [6, 6.07) is 6.48. The van der Waals surface area contributed by atoms with Gasteiger partial charge < -0.3 is 5.32 Å². The largest absolute Gasteiger partial charge is 0.416 e. The number of aromatic nitrogens is 1. The molecule has 0 fully saturated rings. The third-order valence-corrected chi connectivity index (χ3v) is 2.36. The molecule has 2 aromatic rings. The second kappa shape index (κ2) is 6.12. The Labute approximate surface area is 117 Å². The highest BCUT2D eigenvalue weighted by Gasteiger charge is 2.29. The van der Waals surface area contributed by atoms with Gasteiger partial charge in [0.2, 0.25) is 0 Å². The Balaban J connectivity index is 1.99. The number of halogens is 3. The van der Waals surface area contributed by atoms with E-state index in [4.69, 9.17) is 0 Å². The molecule has 8 heteroatoms. The van der Waals surface area contributed by atoms with Gasteiger partial charge in [-0.3, -0.25) is 4.98 Å². The molecule has 2 rings (SSSR count). The number of pyridine rings is 1. The summed E-state index contributed by atoms with van der Waals surface area (Å²) >= 11 is 0. The molecule has 0 aliphatic rings. The van der Waals surface area contributed by atoms with Gasteiger partial charge in [-0.1, -0.05) is 5.11 Å². The Morgan fingerprint density at radius 2 is 1.86 bits per heavy atom. The van der Waals surface area contributed by atoms with Crippen LogP contribution in [0.3, 0.4) is 0 Å². The van der Waals surface area contributed by atoms with Gasteiger partial charge in [-0.2, -0.15) is 13.2 Å². The molecule has 1 aromatic carbocycles. The molecule has 0 bridgehead atoms. The van der Waals surface area contributed by atoms with Crippen LogP contribution in [0.15, 0.2) is 59.0 Å². The van der Waals surface area contributed by atoms with Crippen LogP contribution in [-0.2, 0) is 6.18 Å². The monoisotopic (exact) mass is 294 g/mol. The molecule has 0 unspecified atom stereocenters. The lowest BCUT2D eigenvalue weighted by molar-refractivity contribution is -0.137. The smallest absolute Gasteiger partial charge is 0.303 e. The maximum Gasteiger partial charge on any atom is 0.416 e. The van der Waals surface area contributed by atoms with Crippen LogP contribution in [0.5, 0.6) is 0 Å². The van der Waals surface area contributed by atoms with Crippen LogP contribution in [0.4, 0.5) is 29.3 Å². The van der Waals surface area contributed by atoms with E-state index in [0.717, 1.165) is 24.3 Å². The van der Waals surface area contributed by atoms with Gasteiger partial charge in [0.05, 0.1) is 23.1 Å². The van der Waals surface area contributed by atoms with Gasteiger partial charge >= 0.3 is 12.2 Å². The van der Waals surface area contributed by atoms with Crippen LogP contribution in [0.1, 0.15) is 5.56 Å². The van der Waals surface area contributed by atoms with Crippen molar-refractivity contribution in [2.24, 2.45) is 10.2 Å². The lowest BCUT2D eigenvalue weighted by Gasteiger charge is -2.05. The number of azo groups is 1. The highest BCUT2D eigenvalue weighted by atomic mass is 19.4. The molecule has 1 heterocycles. The summed E-state index contributed by atoms with van der Waals surface area (Å²) in [5.41, 5.74) is -0.209. The Kier molecular flexibility index (Phi) is 4.27. The third-order valence-electron chi connectivity index (χ3n) is 2.36. The van der Waals surface area contributed by atoms with Crippen molar-refractivity contribution in [3.05, 3.63) is 54.4 Å². The molecule has 0 aliphatic heterocycles. The molecule has 0 radical (unpaired) electrons. The number of alkyl halides is 3. The first-order valence-electron chi connectivity index (χ1n) is 5.75. The summed E-state index contributed by atoms with van der Waals surface area (Å²) in [4.78, 5) is 15.2. The fraction of sp³-hybridized carbons (Fsp3) is 0.0769. The van der Waals surface area contributed by atoms with Gasteiger partial charge in [-0.15, -0.1) is 5.11 Å². The average molecular weight is 294 g/mol. The fourth-order valence-corrected chi connectivity index (χ4v) is 1.41. The zero-order valence-electron chi connectivity index (χ0n) is 10.5. The first-order chi connectivity index (χ1) is 9.95. The van der Waals surface area contributed by atoms with E-state index in [1.165, 1.54) is 6.20 Å². The van der Waals surface area contributed by atoms with Crippen LogP contribution in [0.2, 0.25) is 0 Å². The number of carbonyl (C=O) groups is 1. The Hall–Kier alpha value is -2.77. The number of rotatable bonds is 2. The summed E-state index contributed by atoms with van der Waals surface area (Å²) in [6.45, 7) is 0. The molecule has 2 amide bonds. The summed E-state index contributed by atoms with van der Waals surface area (Å²) in [6.07, 6.45) is -1.45. The van der Waals surface area contributed by atoms with Crippen molar-refractivity contribution >= 4 is 17.4 Å². The highest BCUT2D eigenvalue weighted by Crippen LogP contribution is 2.30. The van der Waals surface area contributed by atoms with Crippen LogP contribution >= 0.6 is 0 Å². The fourth-order valence-electron chi connectivity index (χ4n) is 1.41. The Morgan fingerprint density at radius 1 is 1.14 bits per heavy atom. The minimum Gasteiger partial charge on any atom is -0.303 e. The van der Waals surface area contributed by atoms with Gasteiger partial charge in [-0.05, 0) is 36.4 Å². The van der Waals surface area contributed by atoms with Gasteiger partial charge in [0.25, 0.3) is 0 Å². The summed E-state index contributed by atoms with van der Waals surface area (Å²) < 4.78 is 37.1. The molecule has 0 saturated carbocycles. The Bertz CT molecular complexity index is 639. The second-order valence-electron chi connectivity index (χ2n) is 3.92. The number of anilines is 1. The zero-order chi connectivity index (χ0) is 15.3. The number of nitrogens with one attached hydrogen (secondary N) is 1. The van der Waals surface area contributed by atoms with Crippen molar-refractivity contribution in [3.8, 4) is 0 Å². The first kappa shape index (κ1) is 14.6. The maximum absolute atomic E-state index is 12.4.